The maximum absolute atomic E-state index is 12.2. The molecule has 2 aromatic carbocycles. The Morgan fingerprint density at radius 3 is 2.78 bits per heavy atom. The van der Waals surface area contributed by atoms with E-state index in [1.54, 1.807) is 6.07 Å². The van der Waals surface area contributed by atoms with Crippen LogP contribution in [-0.4, -0.2) is 34.0 Å². The van der Waals surface area contributed by atoms with Gasteiger partial charge in [0.05, 0.1) is 22.5 Å². The number of aromatic amines is 1. The van der Waals surface area contributed by atoms with E-state index in [9.17, 15) is 9.59 Å². The number of nitrogens with one attached hydrogen (secondary N) is 2. The summed E-state index contributed by atoms with van der Waals surface area (Å²) >= 11 is 1.12. The number of hydrogen-bond donors (Lipinski definition) is 2. The molecule has 3 aromatic rings. The Morgan fingerprint density at radius 1 is 1.15 bits per heavy atom. The number of rotatable bonds is 4. The van der Waals surface area contributed by atoms with Crippen molar-refractivity contribution in [2.45, 2.75) is 11.4 Å². The van der Waals surface area contributed by atoms with Crippen LogP contribution in [0.5, 0.6) is 0 Å². The fourth-order valence-electron chi connectivity index (χ4n) is 2.77. The maximum atomic E-state index is 12.2. The zero-order chi connectivity index (χ0) is 18.6. The van der Waals surface area contributed by atoms with Crippen LogP contribution in [0.25, 0.3) is 11.0 Å². The maximum Gasteiger partial charge on any atom is 0.280 e. The third-order valence-electron chi connectivity index (χ3n) is 4.05. The smallest absolute Gasteiger partial charge is 0.280 e. The zero-order valence-electron chi connectivity index (χ0n) is 14.4. The molecule has 1 aromatic heterocycles. The average Bonchev–Trinajstić information content (AvgIpc) is 3.15. The van der Waals surface area contributed by atoms with Crippen molar-refractivity contribution in [1.29, 1.82) is 0 Å². The van der Waals surface area contributed by atoms with Crippen LogP contribution in [0.3, 0.4) is 0 Å². The zero-order valence-corrected chi connectivity index (χ0v) is 15.2. The van der Waals surface area contributed by atoms with E-state index in [-0.39, 0.29) is 22.2 Å². The lowest BCUT2D eigenvalue weighted by molar-refractivity contribution is -0.117. The molecule has 2 heterocycles. The van der Waals surface area contributed by atoms with Gasteiger partial charge in [0.25, 0.3) is 5.56 Å². The third kappa shape index (κ3) is 4.01. The summed E-state index contributed by atoms with van der Waals surface area (Å²) in [5.74, 6) is 0.520. The Morgan fingerprint density at radius 2 is 1.93 bits per heavy atom. The number of amidine groups is 1. The summed E-state index contributed by atoms with van der Waals surface area (Å²) in [4.78, 5) is 31.4. The number of thioether (sulfide) groups is 1. The molecule has 0 unspecified atom stereocenters. The summed E-state index contributed by atoms with van der Waals surface area (Å²) < 4.78 is 0. The Balaban J connectivity index is 1.38. The number of aromatic nitrogens is 2. The van der Waals surface area contributed by atoms with Gasteiger partial charge >= 0.3 is 0 Å². The van der Waals surface area contributed by atoms with Gasteiger partial charge in [0.15, 0.2) is 5.03 Å². The van der Waals surface area contributed by atoms with Gasteiger partial charge in [-0.3, -0.25) is 14.6 Å². The first kappa shape index (κ1) is 17.3. The molecule has 0 saturated heterocycles. The molecule has 27 heavy (non-hydrogen) atoms. The lowest BCUT2D eigenvalue weighted by Gasteiger charge is -2.12. The first-order valence-electron chi connectivity index (χ1n) is 8.51. The summed E-state index contributed by atoms with van der Waals surface area (Å²) in [6.07, 6.45) is 0.667. The van der Waals surface area contributed by atoms with Gasteiger partial charge in [-0.25, -0.2) is 4.98 Å². The van der Waals surface area contributed by atoms with E-state index in [0.29, 0.717) is 23.3 Å². The number of nitrogens with zero attached hydrogens (tertiary/aromatic N) is 3. The van der Waals surface area contributed by atoms with Gasteiger partial charge in [-0.15, -0.1) is 0 Å². The van der Waals surface area contributed by atoms with Crippen molar-refractivity contribution in [3.8, 4) is 0 Å². The predicted molar refractivity (Wildman–Crippen MR) is 107 cm³/mol. The van der Waals surface area contributed by atoms with Crippen LogP contribution >= 0.6 is 11.8 Å². The van der Waals surface area contributed by atoms with Gasteiger partial charge in [-0.1, -0.05) is 42.1 Å². The SMILES string of the molecule is O=C(CSc1nc2ccccc2[nH]c1=O)NC1=NN(c2ccccc2)CC1. The molecule has 1 aliphatic heterocycles. The second kappa shape index (κ2) is 7.63. The number of fused-ring (bicyclic) bond motifs is 1. The molecule has 0 aliphatic carbocycles. The predicted octanol–water partition coefficient (Wildman–Crippen LogP) is 2.36. The van der Waals surface area contributed by atoms with Crippen LogP contribution in [0.4, 0.5) is 5.69 Å². The summed E-state index contributed by atoms with van der Waals surface area (Å²) in [5, 5.41) is 9.39. The van der Waals surface area contributed by atoms with Crippen molar-refractivity contribution in [3.05, 3.63) is 65.0 Å². The fourth-order valence-corrected chi connectivity index (χ4v) is 3.46. The van der Waals surface area contributed by atoms with E-state index in [0.717, 1.165) is 24.0 Å². The van der Waals surface area contributed by atoms with Crippen molar-refractivity contribution >= 4 is 40.2 Å². The quantitative estimate of drug-likeness (QED) is 0.679. The second-order valence-corrected chi connectivity index (χ2v) is 6.94. The first-order chi connectivity index (χ1) is 13.2. The van der Waals surface area contributed by atoms with Crippen LogP contribution in [0, 0.1) is 0 Å². The summed E-state index contributed by atoms with van der Waals surface area (Å²) in [6, 6.07) is 17.1. The monoisotopic (exact) mass is 379 g/mol. The van der Waals surface area contributed by atoms with Crippen LogP contribution in [0.1, 0.15) is 6.42 Å². The van der Waals surface area contributed by atoms with Crippen molar-refractivity contribution < 1.29 is 4.79 Å². The summed E-state index contributed by atoms with van der Waals surface area (Å²) in [6.45, 7) is 0.721. The Hall–Kier alpha value is -3.13. The molecule has 8 heteroatoms. The number of para-hydroxylation sites is 3. The summed E-state index contributed by atoms with van der Waals surface area (Å²) in [7, 11) is 0. The number of hydrogen-bond acceptors (Lipinski definition) is 6. The molecule has 0 radical (unpaired) electrons. The molecule has 4 rings (SSSR count). The van der Waals surface area contributed by atoms with Crippen LogP contribution in [0.15, 0.2) is 69.5 Å². The number of benzene rings is 2. The van der Waals surface area contributed by atoms with E-state index >= 15 is 0 Å². The standard InChI is InChI=1S/C19H17N5O2S/c25-17(22-16-10-11-24(23-16)13-6-2-1-3-7-13)12-27-19-18(26)20-14-8-4-5-9-15(14)21-19/h1-9H,10-12H2,(H,20,26)(H,22,23,25). The molecular formula is C19H17N5O2S. The van der Waals surface area contributed by atoms with Crippen LogP contribution in [-0.2, 0) is 4.79 Å². The number of anilines is 1. The van der Waals surface area contributed by atoms with Crippen molar-refractivity contribution in [1.82, 2.24) is 15.3 Å². The molecule has 0 saturated carbocycles. The van der Waals surface area contributed by atoms with E-state index in [1.807, 2.05) is 53.5 Å². The minimum Gasteiger partial charge on any atom is -0.318 e. The minimum atomic E-state index is -0.292. The van der Waals surface area contributed by atoms with Gasteiger partial charge in [0.1, 0.15) is 5.84 Å². The highest BCUT2D eigenvalue weighted by atomic mass is 32.2. The summed E-state index contributed by atoms with van der Waals surface area (Å²) in [5.41, 5.74) is 2.07. The molecule has 7 nitrogen and oxygen atoms in total. The molecule has 2 N–H and O–H groups in total. The molecule has 0 spiro atoms. The molecule has 136 valence electrons. The topological polar surface area (TPSA) is 90.4 Å². The van der Waals surface area contributed by atoms with E-state index in [4.69, 9.17) is 0 Å². The molecule has 1 amide bonds. The molecule has 0 fully saturated rings. The molecule has 0 atom stereocenters. The van der Waals surface area contributed by atoms with E-state index < -0.39 is 0 Å². The lowest BCUT2D eigenvalue weighted by Crippen LogP contribution is -2.31. The molecule has 1 aliphatic rings. The van der Waals surface area contributed by atoms with Gasteiger partial charge in [-0.05, 0) is 24.3 Å². The minimum absolute atomic E-state index is 0.0960. The van der Waals surface area contributed by atoms with Crippen molar-refractivity contribution in [3.63, 3.8) is 0 Å². The Kier molecular flexibility index (Phi) is 4.88. The van der Waals surface area contributed by atoms with Crippen LogP contribution < -0.4 is 15.9 Å². The number of carbonyl (C=O) groups excluding carboxylic acids is 1. The second-order valence-electron chi connectivity index (χ2n) is 5.98. The van der Waals surface area contributed by atoms with Gasteiger partial charge in [-0.2, -0.15) is 5.10 Å². The van der Waals surface area contributed by atoms with Crippen molar-refractivity contribution in [2.24, 2.45) is 5.10 Å². The fraction of sp³-hybridized carbons (Fsp3) is 0.158. The third-order valence-corrected chi connectivity index (χ3v) is 5.00. The highest BCUT2D eigenvalue weighted by Crippen LogP contribution is 2.18. The largest absolute Gasteiger partial charge is 0.318 e. The van der Waals surface area contributed by atoms with Crippen molar-refractivity contribution in [2.75, 3.05) is 17.3 Å². The van der Waals surface area contributed by atoms with Gasteiger partial charge in [0.2, 0.25) is 5.91 Å². The lowest BCUT2D eigenvalue weighted by atomic mass is 10.3. The normalized spacial score (nSPS) is 13.6. The van der Waals surface area contributed by atoms with Crippen LogP contribution in [0.2, 0.25) is 0 Å². The number of H-pyrrole nitrogens is 1. The van der Waals surface area contributed by atoms with E-state index in [2.05, 4.69) is 20.4 Å². The average molecular weight is 379 g/mol. The number of amides is 1. The molecular weight excluding hydrogens is 362 g/mol. The number of carbonyl (C=O) groups is 1. The van der Waals surface area contributed by atoms with E-state index in [1.165, 1.54) is 0 Å². The first-order valence-corrected chi connectivity index (χ1v) is 9.49. The Labute approximate surface area is 159 Å². The molecule has 0 bridgehead atoms. The van der Waals surface area contributed by atoms with Gasteiger partial charge < -0.3 is 10.3 Å². The Bertz CT molecular complexity index is 1060. The van der Waals surface area contributed by atoms with Gasteiger partial charge in [0, 0.05) is 13.0 Å². The highest BCUT2D eigenvalue weighted by molar-refractivity contribution is 7.99. The number of hydrazone groups is 1. The highest BCUT2D eigenvalue weighted by Gasteiger charge is 2.18.